The number of thiocarbonyl (C=S) groups is 1. The van der Waals surface area contributed by atoms with Gasteiger partial charge in [0.05, 0.1) is 30.6 Å². The number of rotatable bonds is 6. The number of aryl methyl sites for hydroxylation is 1. The molecular formula is C23H25N5O2S. The SMILES string of the molecule is CCC(=O)Nc1ccc(N2C(=S)NC(c3ccccn3)C2c2ccn(C)c2)cc1OC. The number of amides is 1. The lowest BCUT2D eigenvalue weighted by atomic mass is 9.98. The number of methoxy groups -OCH3 is 1. The molecule has 1 saturated heterocycles. The zero-order chi connectivity index (χ0) is 22.0. The van der Waals surface area contributed by atoms with Crippen LogP contribution < -0.4 is 20.3 Å². The molecule has 2 aromatic heterocycles. The molecule has 1 aliphatic heterocycles. The van der Waals surface area contributed by atoms with Crippen LogP contribution in [-0.4, -0.2) is 27.7 Å². The molecule has 3 heterocycles. The van der Waals surface area contributed by atoms with Gasteiger partial charge < -0.3 is 24.8 Å². The van der Waals surface area contributed by atoms with Crippen LogP contribution >= 0.6 is 12.2 Å². The number of pyridine rings is 1. The summed E-state index contributed by atoms with van der Waals surface area (Å²) in [6.45, 7) is 1.81. The number of carbonyl (C=O) groups is 1. The molecule has 2 atom stereocenters. The van der Waals surface area contributed by atoms with Gasteiger partial charge in [0.1, 0.15) is 5.75 Å². The van der Waals surface area contributed by atoms with Crippen molar-refractivity contribution in [3.8, 4) is 5.75 Å². The summed E-state index contributed by atoms with van der Waals surface area (Å²) in [5.74, 6) is 0.511. The van der Waals surface area contributed by atoms with Gasteiger partial charge in [-0.3, -0.25) is 9.78 Å². The molecule has 4 rings (SSSR count). The molecule has 1 aromatic carbocycles. The Bertz CT molecular complexity index is 1100. The van der Waals surface area contributed by atoms with Crippen molar-refractivity contribution >= 4 is 34.6 Å². The number of hydrogen-bond donors (Lipinski definition) is 2. The molecule has 160 valence electrons. The van der Waals surface area contributed by atoms with E-state index in [1.807, 2.05) is 61.1 Å². The fourth-order valence-corrected chi connectivity index (χ4v) is 4.19. The van der Waals surface area contributed by atoms with E-state index in [0.29, 0.717) is 23.0 Å². The lowest BCUT2D eigenvalue weighted by Crippen LogP contribution is -2.29. The van der Waals surface area contributed by atoms with Gasteiger partial charge >= 0.3 is 0 Å². The second-order valence-corrected chi connectivity index (χ2v) is 7.78. The molecule has 0 bridgehead atoms. The lowest BCUT2D eigenvalue weighted by molar-refractivity contribution is -0.115. The first kappa shape index (κ1) is 20.9. The summed E-state index contributed by atoms with van der Waals surface area (Å²) >= 11 is 5.75. The van der Waals surface area contributed by atoms with E-state index in [0.717, 1.165) is 16.9 Å². The van der Waals surface area contributed by atoms with Gasteiger partial charge in [-0.2, -0.15) is 0 Å². The second kappa shape index (κ2) is 8.77. The van der Waals surface area contributed by atoms with Gasteiger partial charge in [-0.25, -0.2) is 0 Å². The highest BCUT2D eigenvalue weighted by molar-refractivity contribution is 7.80. The Morgan fingerprint density at radius 2 is 2.13 bits per heavy atom. The van der Waals surface area contributed by atoms with E-state index in [2.05, 4.69) is 32.8 Å². The third-order valence-electron chi connectivity index (χ3n) is 5.35. The van der Waals surface area contributed by atoms with Crippen LogP contribution in [0.4, 0.5) is 11.4 Å². The van der Waals surface area contributed by atoms with Crippen LogP contribution in [0, 0.1) is 0 Å². The Morgan fingerprint density at radius 3 is 2.77 bits per heavy atom. The maximum Gasteiger partial charge on any atom is 0.224 e. The van der Waals surface area contributed by atoms with Crippen molar-refractivity contribution in [3.63, 3.8) is 0 Å². The molecule has 1 fully saturated rings. The van der Waals surface area contributed by atoms with Crippen molar-refractivity contribution in [2.45, 2.75) is 25.4 Å². The van der Waals surface area contributed by atoms with E-state index in [1.54, 1.807) is 13.3 Å². The van der Waals surface area contributed by atoms with E-state index in [1.165, 1.54) is 0 Å². The number of aromatic nitrogens is 2. The van der Waals surface area contributed by atoms with E-state index in [9.17, 15) is 4.79 Å². The minimum atomic E-state index is -0.110. The fourth-order valence-electron chi connectivity index (χ4n) is 3.84. The predicted molar refractivity (Wildman–Crippen MR) is 125 cm³/mol. The minimum Gasteiger partial charge on any atom is -0.494 e. The molecule has 7 nitrogen and oxygen atoms in total. The molecule has 3 aromatic rings. The van der Waals surface area contributed by atoms with Crippen LogP contribution in [0.15, 0.2) is 61.1 Å². The summed E-state index contributed by atoms with van der Waals surface area (Å²) in [7, 11) is 3.59. The third kappa shape index (κ3) is 4.11. The molecule has 1 amide bonds. The first-order chi connectivity index (χ1) is 15.0. The molecule has 2 unspecified atom stereocenters. The Balaban J connectivity index is 1.76. The maximum absolute atomic E-state index is 11.9. The van der Waals surface area contributed by atoms with E-state index >= 15 is 0 Å². The standard InChI is InChI=1S/C23H25N5O2S/c1-4-20(29)25-17-9-8-16(13-19(17)30-3)28-22(15-10-12-27(2)14-15)21(26-23(28)31)18-7-5-6-11-24-18/h5-14,21-22H,4H2,1-3H3,(H,25,29)(H,26,31). The van der Waals surface area contributed by atoms with Crippen LogP contribution in [0.3, 0.4) is 0 Å². The zero-order valence-electron chi connectivity index (χ0n) is 17.7. The van der Waals surface area contributed by atoms with Crippen molar-refractivity contribution in [2.75, 3.05) is 17.3 Å². The summed E-state index contributed by atoms with van der Waals surface area (Å²) in [6.07, 6.45) is 6.30. The van der Waals surface area contributed by atoms with E-state index in [-0.39, 0.29) is 18.0 Å². The number of ether oxygens (including phenoxy) is 1. The summed E-state index contributed by atoms with van der Waals surface area (Å²) in [6, 6.07) is 13.5. The van der Waals surface area contributed by atoms with Gasteiger partial charge in [-0.15, -0.1) is 0 Å². The molecule has 0 radical (unpaired) electrons. The number of nitrogens with one attached hydrogen (secondary N) is 2. The quantitative estimate of drug-likeness (QED) is 0.571. The minimum absolute atomic E-state index is 0.0678. The molecule has 0 spiro atoms. The van der Waals surface area contributed by atoms with Crippen LogP contribution in [0.1, 0.15) is 36.7 Å². The predicted octanol–water partition coefficient (Wildman–Crippen LogP) is 3.95. The fraction of sp³-hybridized carbons (Fsp3) is 0.261. The first-order valence-electron chi connectivity index (χ1n) is 10.1. The summed E-state index contributed by atoms with van der Waals surface area (Å²) in [5, 5.41) is 6.93. The third-order valence-corrected chi connectivity index (χ3v) is 5.67. The van der Waals surface area contributed by atoms with Gasteiger partial charge in [0.15, 0.2) is 5.11 Å². The number of nitrogens with zero attached hydrogens (tertiary/aromatic N) is 3. The van der Waals surface area contributed by atoms with Gasteiger partial charge in [0, 0.05) is 43.8 Å². The zero-order valence-corrected chi connectivity index (χ0v) is 18.5. The molecule has 1 aliphatic rings. The number of anilines is 2. The number of hydrogen-bond acceptors (Lipinski definition) is 4. The monoisotopic (exact) mass is 435 g/mol. The molecule has 0 saturated carbocycles. The average Bonchev–Trinajstić information content (AvgIpc) is 3.37. The number of benzene rings is 1. The highest BCUT2D eigenvalue weighted by Gasteiger charge is 2.41. The van der Waals surface area contributed by atoms with Crippen molar-refractivity contribution in [1.29, 1.82) is 0 Å². The van der Waals surface area contributed by atoms with Crippen molar-refractivity contribution < 1.29 is 9.53 Å². The van der Waals surface area contributed by atoms with Crippen molar-refractivity contribution in [2.24, 2.45) is 7.05 Å². The van der Waals surface area contributed by atoms with Gasteiger partial charge in [-0.1, -0.05) is 13.0 Å². The molecule has 8 heteroatoms. The van der Waals surface area contributed by atoms with Crippen LogP contribution in [0.2, 0.25) is 0 Å². The van der Waals surface area contributed by atoms with Crippen molar-refractivity contribution in [1.82, 2.24) is 14.9 Å². The van der Waals surface area contributed by atoms with Crippen LogP contribution in [0.5, 0.6) is 5.75 Å². The summed E-state index contributed by atoms with van der Waals surface area (Å²) in [4.78, 5) is 18.5. The molecule has 2 N–H and O–H groups in total. The maximum atomic E-state index is 11.9. The molecular weight excluding hydrogens is 410 g/mol. The molecule has 31 heavy (non-hydrogen) atoms. The summed E-state index contributed by atoms with van der Waals surface area (Å²) in [5.41, 5.74) is 3.54. The van der Waals surface area contributed by atoms with Crippen LogP contribution in [-0.2, 0) is 11.8 Å². The van der Waals surface area contributed by atoms with Gasteiger partial charge in [0.2, 0.25) is 5.91 Å². The first-order valence-corrected chi connectivity index (χ1v) is 10.5. The Morgan fingerprint density at radius 1 is 1.29 bits per heavy atom. The smallest absolute Gasteiger partial charge is 0.224 e. The lowest BCUT2D eigenvalue weighted by Gasteiger charge is -2.28. The number of carbonyl (C=O) groups excluding carboxylic acids is 1. The molecule has 0 aliphatic carbocycles. The average molecular weight is 436 g/mol. The largest absolute Gasteiger partial charge is 0.494 e. The van der Waals surface area contributed by atoms with Gasteiger partial charge in [0.25, 0.3) is 0 Å². The van der Waals surface area contributed by atoms with Gasteiger partial charge in [-0.05, 0) is 48.1 Å². The topological polar surface area (TPSA) is 71.4 Å². The highest BCUT2D eigenvalue weighted by Crippen LogP contribution is 2.43. The van der Waals surface area contributed by atoms with E-state index in [4.69, 9.17) is 17.0 Å². The Hall–Kier alpha value is -3.39. The Labute approximate surface area is 187 Å². The van der Waals surface area contributed by atoms with Crippen molar-refractivity contribution in [3.05, 3.63) is 72.3 Å². The van der Waals surface area contributed by atoms with E-state index < -0.39 is 0 Å². The second-order valence-electron chi connectivity index (χ2n) is 7.39. The van der Waals surface area contributed by atoms with Crippen LogP contribution in [0.25, 0.3) is 0 Å². The Kier molecular flexibility index (Phi) is 5.90. The summed E-state index contributed by atoms with van der Waals surface area (Å²) < 4.78 is 7.58. The normalized spacial score (nSPS) is 18.0. The highest BCUT2D eigenvalue weighted by atomic mass is 32.1.